The van der Waals surface area contributed by atoms with Gasteiger partial charge in [-0.15, -0.1) is 0 Å². The fourth-order valence-electron chi connectivity index (χ4n) is 2.35. The highest BCUT2D eigenvalue weighted by Crippen LogP contribution is 2.38. The molecule has 2 nitrogen and oxygen atoms in total. The lowest BCUT2D eigenvalue weighted by atomic mass is 9.98. The number of halogens is 2. The van der Waals surface area contributed by atoms with E-state index in [0.29, 0.717) is 17.2 Å². The molecule has 0 aliphatic carbocycles. The first-order valence-electron chi connectivity index (χ1n) is 6.04. The van der Waals surface area contributed by atoms with Crippen molar-refractivity contribution < 1.29 is 9.84 Å². The van der Waals surface area contributed by atoms with Gasteiger partial charge in [-0.1, -0.05) is 51.8 Å². The summed E-state index contributed by atoms with van der Waals surface area (Å²) in [6.45, 7) is 0.674. The van der Waals surface area contributed by atoms with Crippen molar-refractivity contribution in [3.8, 4) is 5.75 Å². The number of para-hydroxylation sites is 1. The number of hydrogen-bond acceptors (Lipinski definition) is 2. The van der Waals surface area contributed by atoms with E-state index in [4.69, 9.17) is 16.3 Å². The molecular weight excluding hydrogens is 328 g/mol. The van der Waals surface area contributed by atoms with Crippen LogP contribution in [0.2, 0.25) is 5.02 Å². The fraction of sp³-hybridized carbons (Fsp3) is 0.200. The van der Waals surface area contributed by atoms with Crippen molar-refractivity contribution in [3.63, 3.8) is 0 Å². The van der Waals surface area contributed by atoms with Crippen molar-refractivity contribution in [2.75, 3.05) is 6.61 Å². The van der Waals surface area contributed by atoms with Crippen molar-refractivity contribution in [3.05, 3.63) is 62.6 Å². The summed E-state index contributed by atoms with van der Waals surface area (Å²) >= 11 is 9.56. The Balaban J connectivity index is 2.05. The molecule has 1 aliphatic rings. The minimum atomic E-state index is -0.770. The van der Waals surface area contributed by atoms with Crippen molar-refractivity contribution in [2.24, 2.45) is 0 Å². The molecule has 3 rings (SSSR count). The van der Waals surface area contributed by atoms with Gasteiger partial charge < -0.3 is 9.84 Å². The second kappa shape index (κ2) is 5.16. The minimum Gasteiger partial charge on any atom is -0.493 e. The molecule has 0 saturated carbocycles. The average molecular weight is 340 g/mol. The van der Waals surface area contributed by atoms with E-state index >= 15 is 0 Å². The third-order valence-electron chi connectivity index (χ3n) is 3.30. The van der Waals surface area contributed by atoms with Crippen LogP contribution in [-0.2, 0) is 6.42 Å². The number of rotatable bonds is 2. The van der Waals surface area contributed by atoms with Crippen LogP contribution in [0, 0.1) is 0 Å². The Morgan fingerprint density at radius 3 is 2.84 bits per heavy atom. The normalized spacial score (nSPS) is 14.9. The maximum atomic E-state index is 10.5. The summed E-state index contributed by atoms with van der Waals surface area (Å²) in [5.74, 6) is 0.800. The van der Waals surface area contributed by atoms with Gasteiger partial charge in [0.2, 0.25) is 0 Å². The Morgan fingerprint density at radius 2 is 2.05 bits per heavy atom. The van der Waals surface area contributed by atoms with Crippen LogP contribution in [0.25, 0.3) is 0 Å². The second-order valence-electron chi connectivity index (χ2n) is 4.50. The zero-order valence-electron chi connectivity index (χ0n) is 10.1. The van der Waals surface area contributed by atoms with E-state index in [2.05, 4.69) is 15.9 Å². The number of aliphatic hydroxyl groups is 1. The first-order valence-corrected chi connectivity index (χ1v) is 7.21. The highest BCUT2D eigenvalue weighted by atomic mass is 79.9. The largest absolute Gasteiger partial charge is 0.493 e. The second-order valence-corrected chi connectivity index (χ2v) is 5.83. The predicted molar refractivity (Wildman–Crippen MR) is 78.9 cm³/mol. The molecule has 0 bridgehead atoms. The van der Waals surface area contributed by atoms with Crippen LogP contribution in [0.15, 0.2) is 40.9 Å². The number of hydrogen-bond donors (Lipinski definition) is 1. The molecule has 2 aromatic carbocycles. The van der Waals surface area contributed by atoms with E-state index in [0.717, 1.165) is 27.8 Å². The lowest BCUT2D eigenvalue weighted by Crippen LogP contribution is -2.03. The topological polar surface area (TPSA) is 29.5 Å². The summed E-state index contributed by atoms with van der Waals surface area (Å²) in [6.07, 6.45) is 0.123. The molecule has 0 spiro atoms. The maximum Gasteiger partial charge on any atom is 0.128 e. The quantitative estimate of drug-likeness (QED) is 0.892. The number of benzene rings is 2. The van der Waals surface area contributed by atoms with E-state index in [1.807, 2.05) is 30.3 Å². The molecule has 1 atom stereocenters. The first kappa shape index (κ1) is 13.0. The van der Waals surface area contributed by atoms with Gasteiger partial charge in [0.1, 0.15) is 11.9 Å². The molecule has 1 N–H and O–H groups in total. The van der Waals surface area contributed by atoms with E-state index in [9.17, 15) is 5.11 Å². The lowest BCUT2D eigenvalue weighted by Gasteiger charge is -2.16. The zero-order chi connectivity index (χ0) is 13.4. The van der Waals surface area contributed by atoms with Gasteiger partial charge in [0.05, 0.1) is 6.61 Å². The third kappa shape index (κ3) is 2.38. The SMILES string of the molecule is OC(c1ccc(Br)cc1Cl)c1cccc2c1OCC2. The van der Waals surface area contributed by atoms with Gasteiger partial charge in [-0.2, -0.15) is 0 Å². The van der Waals surface area contributed by atoms with E-state index in [-0.39, 0.29) is 0 Å². The van der Waals surface area contributed by atoms with Gasteiger partial charge in [-0.05, 0) is 17.7 Å². The monoisotopic (exact) mass is 338 g/mol. The highest BCUT2D eigenvalue weighted by molar-refractivity contribution is 9.10. The average Bonchev–Trinajstić information content (AvgIpc) is 2.86. The van der Waals surface area contributed by atoms with Crippen molar-refractivity contribution in [1.82, 2.24) is 0 Å². The molecule has 1 heterocycles. The van der Waals surface area contributed by atoms with Gasteiger partial charge in [0.25, 0.3) is 0 Å². The Morgan fingerprint density at radius 1 is 1.21 bits per heavy atom. The predicted octanol–water partition coefficient (Wildman–Crippen LogP) is 4.12. The Kier molecular flexibility index (Phi) is 3.52. The third-order valence-corrected chi connectivity index (χ3v) is 4.12. The molecule has 0 radical (unpaired) electrons. The molecule has 0 fully saturated rings. The van der Waals surface area contributed by atoms with Gasteiger partial charge in [-0.3, -0.25) is 0 Å². The summed E-state index contributed by atoms with van der Waals surface area (Å²) in [6, 6.07) is 11.3. The van der Waals surface area contributed by atoms with Gasteiger partial charge >= 0.3 is 0 Å². The van der Waals surface area contributed by atoms with Gasteiger partial charge in [-0.25, -0.2) is 0 Å². The van der Waals surface area contributed by atoms with E-state index < -0.39 is 6.10 Å². The molecule has 0 amide bonds. The summed E-state index contributed by atoms with van der Waals surface area (Å²) in [7, 11) is 0. The van der Waals surface area contributed by atoms with Crippen molar-refractivity contribution >= 4 is 27.5 Å². The Hall–Kier alpha value is -1.03. The summed E-state index contributed by atoms with van der Waals surface area (Å²) in [5, 5.41) is 11.1. The van der Waals surface area contributed by atoms with Crippen LogP contribution >= 0.6 is 27.5 Å². The molecule has 0 saturated heterocycles. The van der Waals surface area contributed by atoms with E-state index in [1.165, 1.54) is 0 Å². The summed E-state index contributed by atoms with van der Waals surface area (Å²) in [4.78, 5) is 0. The smallest absolute Gasteiger partial charge is 0.128 e. The fourth-order valence-corrected chi connectivity index (χ4v) is 3.12. The van der Waals surface area contributed by atoms with Crippen LogP contribution < -0.4 is 4.74 Å². The van der Waals surface area contributed by atoms with Crippen LogP contribution in [0.1, 0.15) is 22.8 Å². The summed E-state index contributed by atoms with van der Waals surface area (Å²) < 4.78 is 6.52. The minimum absolute atomic E-state index is 0.539. The molecule has 4 heteroatoms. The Labute approximate surface area is 125 Å². The standard InChI is InChI=1S/C15H12BrClO2/c16-10-4-5-11(13(17)8-10)14(18)12-3-1-2-9-6-7-19-15(9)12/h1-5,8,14,18H,6-7H2. The molecule has 2 aromatic rings. The van der Waals surface area contributed by atoms with Crippen LogP contribution in [-0.4, -0.2) is 11.7 Å². The van der Waals surface area contributed by atoms with E-state index in [1.54, 1.807) is 6.07 Å². The molecule has 1 aliphatic heterocycles. The van der Waals surface area contributed by atoms with Crippen LogP contribution in [0.4, 0.5) is 0 Å². The van der Waals surface area contributed by atoms with Gasteiger partial charge in [0, 0.05) is 27.0 Å². The number of aliphatic hydroxyl groups excluding tert-OH is 1. The Bertz CT molecular complexity index is 628. The molecule has 1 unspecified atom stereocenters. The van der Waals surface area contributed by atoms with Crippen LogP contribution in [0.3, 0.4) is 0 Å². The zero-order valence-corrected chi connectivity index (χ0v) is 12.4. The lowest BCUT2D eigenvalue weighted by molar-refractivity contribution is 0.214. The molecule has 0 aromatic heterocycles. The van der Waals surface area contributed by atoms with Crippen LogP contribution in [0.5, 0.6) is 5.75 Å². The van der Waals surface area contributed by atoms with Crippen molar-refractivity contribution in [2.45, 2.75) is 12.5 Å². The highest BCUT2D eigenvalue weighted by Gasteiger charge is 2.23. The van der Waals surface area contributed by atoms with Crippen molar-refractivity contribution in [1.29, 1.82) is 0 Å². The number of ether oxygens (including phenoxy) is 1. The number of fused-ring (bicyclic) bond motifs is 1. The first-order chi connectivity index (χ1) is 9.16. The molecular formula is C15H12BrClO2. The molecule has 98 valence electrons. The molecule has 19 heavy (non-hydrogen) atoms. The summed E-state index contributed by atoms with van der Waals surface area (Å²) in [5.41, 5.74) is 2.61. The maximum absolute atomic E-state index is 10.5. The van der Waals surface area contributed by atoms with Gasteiger partial charge in [0.15, 0.2) is 0 Å².